The Bertz CT molecular complexity index is 534. The second kappa shape index (κ2) is 3.09. The van der Waals surface area contributed by atoms with Crippen molar-refractivity contribution in [2.24, 2.45) is 5.92 Å². The number of ketones is 1. The van der Waals surface area contributed by atoms with E-state index >= 15 is 0 Å². The van der Waals surface area contributed by atoms with Crippen molar-refractivity contribution in [2.75, 3.05) is 7.11 Å². The van der Waals surface area contributed by atoms with E-state index in [1.165, 1.54) is 7.11 Å². The Balaban J connectivity index is 2.06. The third-order valence-electron chi connectivity index (χ3n) is 3.45. The van der Waals surface area contributed by atoms with Gasteiger partial charge in [0, 0.05) is 6.42 Å². The van der Waals surface area contributed by atoms with E-state index in [0.717, 1.165) is 5.56 Å². The summed E-state index contributed by atoms with van der Waals surface area (Å²) < 4.78 is 10.4. The average molecular weight is 232 g/mol. The molecule has 0 N–H and O–H groups in total. The lowest BCUT2D eigenvalue weighted by Crippen LogP contribution is -2.38. The molecule has 1 aliphatic carbocycles. The van der Waals surface area contributed by atoms with Gasteiger partial charge in [-0.1, -0.05) is 11.6 Å². The van der Waals surface area contributed by atoms with Crippen LogP contribution in [0.15, 0.2) is 18.2 Å². The lowest BCUT2D eigenvalue weighted by Gasteiger charge is -2.23. The van der Waals surface area contributed by atoms with Gasteiger partial charge in [0.25, 0.3) is 0 Å². The van der Waals surface area contributed by atoms with Gasteiger partial charge in [-0.25, -0.2) is 4.79 Å². The van der Waals surface area contributed by atoms with Gasteiger partial charge in [0.2, 0.25) is 5.60 Å². The molecule has 2 atom stereocenters. The second-order valence-corrected chi connectivity index (χ2v) is 4.60. The van der Waals surface area contributed by atoms with Crippen LogP contribution in [-0.2, 0) is 9.53 Å². The number of aryl methyl sites for hydroxylation is 1. The monoisotopic (exact) mass is 232 g/mol. The van der Waals surface area contributed by atoms with Crippen LogP contribution in [0.25, 0.3) is 0 Å². The predicted octanol–water partition coefficient (Wildman–Crippen LogP) is 1.50. The van der Waals surface area contributed by atoms with Gasteiger partial charge in [-0.15, -0.1) is 0 Å². The molecule has 0 bridgehead atoms. The number of rotatable bonds is 1. The zero-order chi connectivity index (χ0) is 12.2. The van der Waals surface area contributed by atoms with Crippen LogP contribution in [-0.4, -0.2) is 24.5 Å². The average Bonchev–Trinajstić information content (AvgIpc) is 3.06. The third-order valence-corrected chi connectivity index (χ3v) is 3.45. The molecule has 0 spiro atoms. The standard InChI is InChI=1S/C13H12O4/c1-7-3-4-10-8(5-7)11(14)9-6-13(9,17-10)12(15)16-2/h3-5,9H,6H2,1-2H3. The van der Waals surface area contributed by atoms with Crippen molar-refractivity contribution in [1.29, 1.82) is 0 Å². The molecule has 1 aliphatic heterocycles. The quantitative estimate of drug-likeness (QED) is 0.688. The minimum Gasteiger partial charge on any atom is -0.474 e. The van der Waals surface area contributed by atoms with Crippen molar-refractivity contribution in [1.82, 2.24) is 0 Å². The SMILES string of the molecule is COC(=O)C12CC1C(=O)c1cc(C)ccc1O2. The van der Waals surface area contributed by atoms with E-state index in [2.05, 4.69) is 0 Å². The molecule has 1 fully saturated rings. The number of benzene rings is 1. The Hall–Kier alpha value is -1.84. The van der Waals surface area contributed by atoms with E-state index < -0.39 is 11.6 Å². The zero-order valence-electron chi connectivity index (χ0n) is 9.65. The van der Waals surface area contributed by atoms with E-state index in [4.69, 9.17) is 9.47 Å². The van der Waals surface area contributed by atoms with Crippen molar-refractivity contribution in [3.63, 3.8) is 0 Å². The number of fused-ring (bicyclic) bond motifs is 2. The highest BCUT2D eigenvalue weighted by molar-refractivity contribution is 6.09. The highest BCUT2D eigenvalue weighted by atomic mass is 16.6. The topological polar surface area (TPSA) is 52.6 Å². The molecule has 1 saturated carbocycles. The first-order valence-electron chi connectivity index (χ1n) is 5.51. The van der Waals surface area contributed by atoms with E-state index in [-0.39, 0.29) is 11.7 Å². The number of esters is 1. The maximum absolute atomic E-state index is 12.1. The van der Waals surface area contributed by atoms with E-state index in [9.17, 15) is 9.59 Å². The summed E-state index contributed by atoms with van der Waals surface area (Å²) >= 11 is 0. The molecule has 0 amide bonds. The van der Waals surface area contributed by atoms with Gasteiger partial charge < -0.3 is 9.47 Å². The largest absolute Gasteiger partial charge is 0.474 e. The van der Waals surface area contributed by atoms with Gasteiger partial charge in [-0.3, -0.25) is 4.79 Å². The van der Waals surface area contributed by atoms with Crippen LogP contribution in [0, 0.1) is 12.8 Å². The summed E-state index contributed by atoms with van der Waals surface area (Å²) in [6, 6.07) is 5.40. The summed E-state index contributed by atoms with van der Waals surface area (Å²) in [6.07, 6.45) is 0.423. The Morgan fingerprint density at radius 3 is 3.00 bits per heavy atom. The Labute approximate surface area is 98.5 Å². The van der Waals surface area contributed by atoms with Crippen molar-refractivity contribution < 1.29 is 19.1 Å². The van der Waals surface area contributed by atoms with Gasteiger partial charge in [-0.2, -0.15) is 0 Å². The lowest BCUT2D eigenvalue weighted by atomic mass is 9.99. The van der Waals surface area contributed by atoms with Crippen LogP contribution in [0.1, 0.15) is 22.3 Å². The smallest absolute Gasteiger partial charge is 0.351 e. The Morgan fingerprint density at radius 2 is 2.29 bits per heavy atom. The van der Waals surface area contributed by atoms with E-state index in [1.807, 2.05) is 13.0 Å². The minimum absolute atomic E-state index is 0.0136. The van der Waals surface area contributed by atoms with Crippen LogP contribution >= 0.6 is 0 Å². The van der Waals surface area contributed by atoms with Crippen LogP contribution < -0.4 is 4.74 Å². The maximum Gasteiger partial charge on any atom is 0.351 e. The van der Waals surface area contributed by atoms with Gasteiger partial charge in [0.15, 0.2) is 5.78 Å². The number of hydrogen-bond acceptors (Lipinski definition) is 4. The normalized spacial score (nSPS) is 28.8. The number of hydrogen-bond donors (Lipinski definition) is 0. The predicted molar refractivity (Wildman–Crippen MR) is 59.0 cm³/mol. The van der Waals surface area contributed by atoms with Crippen LogP contribution in [0.5, 0.6) is 5.75 Å². The molecule has 0 saturated heterocycles. The summed E-state index contributed by atoms with van der Waals surface area (Å²) in [5.74, 6) is -0.355. The molecule has 1 aromatic carbocycles. The first kappa shape index (κ1) is 10.3. The van der Waals surface area contributed by atoms with Crippen molar-refractivity contribution in [3.8, 4) is 5.75 Å². The molecule has 4 nitrogen and oxygen atoms in total. The van der Waals surface area contributed by atoms with Crippen molar-refractivity contribution in [2.45, 2.75) is 18.9 Å². The van der Waals surface area contributed by atoms with Gasteiger partial charge >= 0.3 is 5.97 Å². The maximum atomic E-state index is 12.1. The molecule has 1 aromatic rings. The Morgan fingerprint density at radius 1 is 1.53 bits per heavy atom. The van der Waals surface area contributed by atoms with Gasteiger partial charge in [0.1, 0.15) is 5.75 Å². The molecule has 4 heteroatoms. The third kappa shape index (κ3) is 1.24. The highest BCUT2D eigenvalue weighted by Gasteiger charge is 2.70. The molecular formula is C13H12O4. The second-order valence-electron chi connectivity index (χ2n) is 4.60. The first-order chi connectivity index (χ1) is 8.08. The molecule has 3 rings (SSSR count). The van der Waals surface area contributed by atoms with Crippen LogP contribution in [0.2, 0.25) is 0 Å². The van der Waals surface area contributed by atoms with Crippen molar-refractivity contribution in [3.05, 3.63) is 29.3 Å². The summed E-state index contributed by atoms with van der Waals surface area (Å²) in [6.45, 7) is 1.92. The fraction of sp³-hybridized carbons (Fsp3) is 0.385. The van der Waals surface area contributed by atoms with Gasteiger partial charge in [-0.05, 0) is 19.1 Å². The summed E-state index contributed by atoms with van der Waals surface area (Å²) in [7, 11) is 1.31. The number of Topliss-reactive ketones (excluding diaryl/α,β-unsaturated/α-hetero) is 1. The molecule has 17 heavy (non-hydrogen) atoms. The van der Waals surface area contributed by atoms with E-state index in [1.54, 1.807) is 12.1 Å². The molecule has 2 aliphatic rings. The van der Waals surface area contributed by atoms with Crippen molar-refractivity contribution >= 4 is 11.8 Å². The number of methoxy groups -OCH3 is 1. The minimum atomic E-state index is -1.05. The molecular weight excluding hydrogens is 220 g/mol. The molecule has 0 radical (unpaired) electrons. The molecule has 88 valence electrons. The number of carbonyl (C=O) groups is 2. The van der Waals surface area contributed by atoms with Gasteiger partial charge in [0.05, 0.1) is 18.6 Å². The highest BCUT2D eigenvalue weighted by Crippen LogP contribution is 2.54. The van der Waals surface area contributed by atoms with E-state index in [0.29, 0.717) is 17.7 Å². The number of carbonyl (C=O) groups excluding carboxylic acids is 2. The summed E-state index contributed by atoms with van der Waals surface area (Å²) in [4.78, 5) is 23.8. The fourth-order valence-electron chi connectivity index (χ4n) is 2.41. The molecule has 2 unspecified atom stereocenters. The fourth-order valence-corrected chi connectivity index (χ4v) is 2.41. The summed E-state index contributed by atoms with van der Waals surface area (Å²) in [5, 5.41) is 0. The zero-order valence-corrected chi connectivity index (χ0v) is 9.65. The van der Waals surface area contributed by atoms with Crippen LogP contribution in [0.3, 0.4) is 0 Å². The molecule has 1 heterocycles. The Kier molecular flexibility index (Phi) is 1.88. The van der Waals surface area contributed by atoms with Crippen LogP contribution in [0.4, 0.5) is 0 Å². The lowest BCUT2D eigenvalue weighted by molar-refractivity contribution is -0.151. The molecule has 0 aromatic heterocycles. The first-order valence-corrected chi connectivity index (χ1v) is 5.51. The number of ether oxygens (including phenoxy) is 2. The summed E-state index contributed by atoms with van der Waals surface area (Å²) in [5.41, 5.74) is 0.535.